The van der Waals surface area contributed by atoms with E-state index in [0.717, 1.165) is 23.7 Å². The summed E-state index contributed by atoms with van der Waals surface area (Å²) in [5.41, 5.74) is 2.55. The molecule has 29 heavy (non-hydrogen) atoms. The van der Waals surface area contributed by atoms with Gasteiger partial charge in [-0.05, 0) is 49.8 Å². The molecule has 1 aliphatic rings. The van der Waals surface area contributed by atoms with Crippen molar-refractivity contribution in [3.05, 3.63) is 65.1 Å². The number of carbonyl (C=O) groups is 2. The first kappa shape index (κ1) is 20.4. The number of ether oxygens (including phenoxy) is 1. The van der Waals surface area contributed by atoms with E-state index in [2.05, 4.69) is 24.1 Å². The van der Waals surface area contributed by atoms with Crippen molar-refractivity contribution < 1.29 is 18.7 Å². The number of methoxy groups -OCH3 is 1. The summed E-state index contributed by atoms with van der Waals surface area (Å²) in [5.74, 6) is -0.193. The SMILES string of the molecule is CCN(CC)c1ccc(C=C2NC(=O)N(Cc3ccc(F)cc3)C2=O)c(OC)c1. The average Bonchev–Trinajstić information content (AvgIpc) is 2.98. The van der Waals surface area contributed by atoms with Crippen molar-refractivity contribution in [2.24, 2.45) is 0 Å². The molecule has 6 nitrogen and oxygen atoms in total. The van der Waals surface area contributed by atoms with E-state index in [1.807, 2.05) is 18.2 Å². The van der Waals surface area contributed by atoms with Gasteiger partial charge in [-0.15, -0.1) is 0 Å². The second-order valence-corrected chi connectivity index (χ2v) is 6.60. The van der Waals surface area contributed by atoms with Crippen molar-refractivity contribution in [3.63, 3.8) is 0 Å². The highest BCUT2D eigenvalue weighted by molar-refractivity contribution is 6.14. The first-order valence-corrected chi connectivity index (χ1v) is 9.48. The Morgan fingerprint density at radius 1 is 1.10 bits per heavy atom. The number of rotatable bonds is 7. The van der Waals surface area contributed by atoms with Crippen LogP contribution >= 0.6 is 0 Å². The largest absolute Gasteiger partial charge is 0.496 e. The van der Waals surface area contributed by atoms with Crippen LogP contribution in [0, 0.1) is 5.82 Å². The number of carbonyl (C=O) groups excluding carboxylic acids is 2. The molecule has 0 bridgehead atoms. The number of benzene rings is 2. The second kappa shape index (κ2) is 8.77. The third-order valence-corrected chi connectivity index (χ3v) is 4.86. The van der Waals surface area contributed by atoms with Gasteiger partial charge in [0.05, 0.1) is 13.7 Å². The number of hydrogen-bond donors (Lipinski definition) is 1. The van der Waals surface area contributed by atoms with Gasteiger partial charge < -0.3 is 15.0 Å². The molecule has 2 aromatic rings. The third-order valence-electron chi connectivity index (χ3n) is 4.86. The van der Waals surface area contributed by atoms with E-state index >= 15 is 0 Å². The van der Waals surface area contributed by atoms with E-state index in [1.165, 1.54) is 12.1 Å². The molecule has 0 aliphatic carbocycles. The van der Waals surface area contributed by atoms with Crippen LogP contribution in [0.25, 0.3) is 6.08 Å². The molecule has 0 saturated carbocycles. The Balaban J connectivity index is 1.84. The van der Waals surface area contributed by atoms with Crippen molar-refractivity contribution in [1.82, 2.24) is 10.2 Å². The molecule has 0 aromatic heterocycles. The van der Waals surface area contributed by atoms with E-state index in [9.17, 15) is 14.0 Å². The Labute approximate surface area is 169 Å². The average molecular weight is 397 g/mol. The Morgan fingerprint density at radius 2 is 1.79 bits per heavy atom. The molecule has 3 rings (SSSR count). The van der Waals surface area contributed by atoms with Crippen molar-refractivity contribution in [1.29, 1.82) is 0 Å². The third kappa shape index (κ3) is 4.39. The lowest BCUT2D eigenvalue weighted by atomic mass is 10.1. The fourth-order valence-corrected chi connectivity index (χ4v) is 3.25. The van der Waals surface area contributed by atoms with Crippen LogP contribution in [0.2, 0.25) is 0 Å². The van der Waals surface area contributed by atoms with Gasteiger partial charge in [0.25, 0.3) is 5.91 Å². The lowest BCUT2D eigenvalue weighted by Gasteiger charge is -2.22. The number of imide groups is 1. The maximum atomic E-state index is 13.1. The summed E-state index contributed by atoms with van der Waals surface area (Å²) in [7, 11) is 1.57. The fourth-order valence-electron chi connectivity index (χ4n) is 3.25. The zero-order chi connectivity index (χ0) is 21.0. The number of nitrogens with zero attached hydrogens (tertiary/aromatic N) is 2. The summed E-state index contributed by atoms with van der Waals surface area (Å²) in [6.45, 7) is 5.96. The summed E-state index contributed by atoms with van der Waals surface area (Å²) < 4.78 is 18.6. The van der Waals surface area contributed by atoms with Crippen molar-refractivity contribution in [3.8, 4) is 5.75 Å². The van der Waals surface area contributed by atoms with Gasteiger partial charge in [-0.1, -0.05) is 12.1 Å². The highest BCUT2D eigenvalue weighted by Crippen LogP contribution is 2.28. The molecule has 0 radical (unpaired) electrons. The zero-order valence-electron chi connectivity index (χ0n) is 16.7. The maximum Gasteiger partial charge on any atom is 0.329 e. The monoisotopic (exact) mass is 397 g/mol. The molecule has 3 amide bonds. The minimum absolute atomic E-state index is 0.0698. The number of halogens is 1. The Hall–Kier alpha value is -3.35. The van der Waals surface area contributed by atoms with Crippen LogP contribution in [-0.4, -0.2) is 37.0 Å². The van der Waals surface area contributed by atoms with Crippen LogP contribution in [0.5, 0.6) is 5.75 Å². The summed E-state index contributed by atoms with van der Waals surface area (Å²) in [4.78, 5) is 28.3. The quantitative estimate of drug-likeness (QED) is 0.571. The molecule has 1 aliphatic heterocycles. The highest BCUT2D eigenvalue weighted by Gasteiger charge is 2.33. The van der Waals surface area contributed by atoms with Gasteiger partial charge >= 0.3 is 6.03 Å². The molecule has 0 unspecified atom stereocenters. The van der Waals surface area contributed by atoms with E-state index in [1.54, 1.807) is 25.3 Å². The van der Waals surface area contributed by atoms with Crippen molar-refractivity contribution in [2.75, 3.05) is 25.1 Å². The maximum absolute atomic E-state index is 13.1. The minimum atomic E-state index is -0.510. The second-order valence-electron chi connectivity index (χ2n) is 6.60. The minimum Gasteiger partial charge on any atom is -0.496 e. The number of urea groups is 1. The molecular formula is C22H24FN3O3. The molecule has 152 valence electrons. The molecule has 2 aromatic carbocycles. The highest BCUT2D eigenvalue weighted by atomic mass is 19.1. The molecule has 1 saturated heterocycles. The first-order valence-electron chi connectivity index (χ1n) is 9.48. The number of nitrogens with one attached hydrogen (secondary N) is 1. The van der Waals surface area contributed by atoms with Crippen LogP contribution in [0.4, 0.5) is 14.9 Å². The van der Waals surface area contributed by atoms with Crippen LogP contribution in [0.3, 0.4) is 0 Å². The number of amides is 3. The summed E-state index contributed by atoms with van der Waals surface area (Å²) in [5, 5.41) is 2.60. The van der Waals surface area contributed by atoms with Gasteiger partial charge in [-0.3, -0.25) is 9.69 Å². The molecule has 0 atom stereocenters. The summed E-state index contributed by atoms with van der Waals surface area (Å²) >= 11 is 0. The predicted octanol–water partition coefficient (Wildman–Crippen LogP) is 3.77. The van der Waals surface area contributed by atoms with Gasteiger partial charge in [-0.2, -0.15) is 0 Å². The molecular weight excluding hydrogens is 373 g/mol. The van der Waals surface area contributed by atoms with Crippen LogP contribution < -0.4 is 15.0 Å². The van der Waals surface area contributed by atoms with Crippen LogP contribution in [0.15, 0.2) is 48.2 Å². The lowest BCUT2D eigenvalue weighted by Crippen LogP contribution is -2.30. The van der Waals surface area contributed by atoms with Gasteiger partial charge in [0, 0.05) is 30.4 Å². The smallest absolute Gasteiger partial charge is 0.329 e. The molecule has 7 heteroatoms. The van der Waals surface area contributed by atoms with E-state index in [-0.39, 0.29) is 18.1 Å². The lowest BCUT2D eigenvalue weighted by molar-refractivity contribution is -0.123. The molecule has 1 heterocycles. The Morgan fingerprint density at radius 3 is 2.41 bits per heavy atom. The molecule has 1 N–H and O–H groups in total. The predicted molar refractivity (Wildman–Crippen MR) is 110 cm³/mol. The van der Waals surface area contributed by atoms with Crippen molar-refractivity contribution in [2.45, 2.75) is 20.4 Å². The first-order chi connectivity index (χ1) is 14.0. The van der Waals surface area contributed by atoms with E-state index < -0.39 is 11.9 Å². The Kier molecular flexibility index (Phi) is 6.16. The van der Waals surface area contributed by atoms with Gasteiger partial charge in [0.1, 0.15) is 17.3 Å². The normalized spacial score (nSPS) is 15.0. The number of hydrogen-bond acceptors (Lipinski definition) is 4. The van der Waals surface area contributed by atoms with Gasteiger partial charge in [0.2, 0.25) is 0 Å². The topological polar surface area (TPSA) is 61.9 Å². The van der Waals surface area contributed by atoms with Crippen molar-refractivity contribution >= 4 is 23.7 Å². The fraction of sp³-hybridized carbons (Fsp3) is 0.273. The molecule has 0 spiro atoms. The zero-order valence-corrected chi connectivity index (χ0v) is 16.7. The van der Waals surface area contributed by atoms with Gasteiger partial charge in [0.15, 0.2) is 0 Å². The molecule has 1 fully saturated rings. The summed E-state index contributed by atoms with van der Waals surface area (Å²) in [6, 6.07) is 10.9. The van der Waals surface area contributed by atoms with Crippen LogP contribution in [0.1, 0.15) is 25.0 Å². The van der Waals surface area contributed by atoms with E-state index in [0.29, 0.717) is 16.9 Å². The number of anilines is 1. The van der Waals surface area contributed by atoms with E-state index in [4.69, 9.17) is 4.74 Å². The Bertz CT molecular complexity index is 937. The standard InChI is InChI=1S/C22H24FN3O3/c1-4-25(5-2)18-11-8-16(20(13-18)29-3)12-19-21(27)26(22(28)24-19)14-15-6-9-17(23)10-7-15/h6-13H,4-5,14H2,1-3H3,(H,24,28). The summed E-state index contributed by atoms with van der Waals surface area (Å²) in [6.07, 6.45) is 1.61. The van der Waals surface area contributed by atoms with Crippen LogP contribution in [-0.2, 0) is 11.3 Å². The van der Waals surface area contributed by atoms with Gasteiger partial charge in [-0.25, -0.2) is 9.18 Å².